The minimum atomic E-state index is 0.485. The van der Waals surface area contributed by atoms with Crippen molar-refractivity contribution >= 4 is 22.7 Å². The molecular formula is C10H13N3S2. The number of nitrogens with zero attached hydrogens (tertiary/aromatic N) is 2. The van der Waals surface area contributed by atoms with Crippen LogP contribution in [0.2, 0.25) is 0 Å². The zero-order valence-electron chi connectivity index (χ0n) is 8.73. The summed E-state index contributed by atoms with van der Waals surface area (Å²) >= 11 is 3.34. The summed E-state index contributed by atoms with van der Waals surface area (Å²) in [4.78, 5) is 0. The maximum Gasteiger partial charge on any atom is 0.148 e. The van der Waals surface area contributed by atoms with Gasteiger partial charge in [-0.25, -0.2) is 0 Å². The Kier molecular flexibility index (Phi) is 3.45. The first-order valence-electron chi connectivity index (χ1n) is 4.84. The van der Waals surface area contributed by atoms with Crippen molar-refractivity contribution in [1.29, 1.82) is 0 Å². The molecular weight excluding hydrogens is 226 g/mol. The van der Waals surface area contributed by atoms with E-state index >= 15 is 0 Å². The maximum absolute atomic E-state index is 4.17. The molecule has 0 saturated heterocycles. The fraction of sp³-hybridized carbons (Fsp3) is 0.400. The van der Waals surface area contributed by atoms with E-state index in [1.165, 1.54) is 5.56 Å². The van der Waals surface area contributed by atoms with Crippen LogP contribution in [0, 0.1) is 0 Å². The largest absolute Gasteiger partial charge is 0.308 e. The van der Waals surface area contributed by atoms with E-state index in [0.29, 0.717) is 6.04 Å². The normalized spacial score (nSPS) is 11.1. The highest BCUT2D eigenvalue weighted by atomic mass is 32.1. The molecule has 0 amide bonds. The van der Waals surface area contributed by atoms with Crippen molar-refractivity contribution in [2.45, 2.75) is 26.4 Å². The topological polar surface area (TPSA) is 37.8 Å². The number of hydrogen-bond donors (Lipinski definition) is 1. The first kappa shape index (κ1) is 10.7. The Bertz CT molecular complexity index is 406. The molecule has 0 unspecified atom stereocenters. The molecule has 0 radical (unpaired) electrons. The van der Waals surface area contributed by atoms with Crippen LogP contribution in [0.25, 0.3) is 10.6 Å². The van der Waals surface area contributed by atoms with E-state index in [1.54, 1.807) is 22.7 Å². The van der Waals surface area contributed by atoms with Gasteiger partial charge in [0.2, 0.25) is 0 Å². The van der Waals surface area contributed by atoms with Gasteiger partial charge in [-0.3, -0.25) is 0 Å². The maximum atomic E-state index is 4.17. The summed E-state index contributed by atoms with van der Waals surface area (Å²) in [5.74, 6) is 0. The Morgan fingerprint density at radius 3 is 2.93 bits per heavy atom. The van der Waals surface area contributed by atoms with Gasteiger partial charge in [0.1, 0.15) is 10.0 Å². The SMILES string of the molecule is CC(C)NCc1nnc(-c2ccsc2)s1. The minimum absolute atomic E-state index is 0.485. The summed E-state index contributed by atoms with van der Waals surface area (Å²) in [5, 5.41) is 17.9. The predicted octanol–water partition coefficient (Wildman–Crippen LogP) is 2.76. The molecule has 0 fully saturated rings. The van der Waals surface area contributed by atoms with Gasteiger partial charge in [0.15, 0.2) is 0 Å². The number of thiophene rings is 1. The monoisotopic (exact) mass is 239 g/mol. The molecule has 2 aromatic rings. The van der Waals surface area contributed by atoms with Gasteiger partial charge in [0, 0.05) is 23.5 Å². The Balaban J connectivity index is 2.04. The van der Waals surface area contributed by atoms with Gasteiger partial charge in [0.05, 0.1) is 0 Å². The van der Waals surface area contributed by atoms with Crippen molar-refractivity contribution in [3.8, 4) is 10.6 Å². The van der Waals surface area contributed by atoms with E-state index in [9.17, 15) is 0 Å². The second-order valence-corrected chi connectivity index (χ2v) is 5.39. The average Bonchev–Trinajstić information content (AvgIpc) is 2.85. The molecule has 0 aliphatic rings. The molecule has 3 nitrogen and oxygen atoms in total. The second kappa shape index (κ2) is 4.83. The highest BCUT2D eigenvalue weighted by molar-refractivity contribution is 7.15. The van der Waals surface area contributed by atoms with E-state index in [0.717, 1.165) is 16.6 Å². The van der Waals surface area contributed by atoms with Crippen LogP contribution in [-0.2, 0) is 6.54 Å². The number of nitrogens with one attached hydrogen (secondary N) is 1. The van der Waals surface area contributed by atoms with Gasteiger partial charge >= 0.3 is 0 Å². The number of rotatable bonds is 4. The molecule has 80 valence electrons. The van der Waals surface area contributed by atoms with Crippen molar-refractivity contribution in [2.24, 2.45) is 0 Å². The van der Waals surface area contributed by atoms with E-state index in [2.05, 4.69) is 46.2 Å². The minimum Gasteiger partial charge on any atom is -0.308 e. The second-order valence-electron chi connectivity index (χ2n) is 3.55. The van der Waals surface area contributed by atoms with Gasteiger partial charge in [-0.1, -0.05) is 25.2 Å². The smallest absolute Gasteiger partial charge is 0.148 e. The summed E-state index contributed by atoms with van der Waals surface area (Å²) in [6, 6.07) is 2.56. The molecule has 2 heterocycles. The summed E-state index contributed by atoms with van der Waals surface area (Å²) in [6.45, 7) is 5.06. The van der Waals surface area contributed by atoms with Gasteiger partial charge in [-0.2, -0.15) is 11.3 Å². The lowest BCUT2D eigenvalue weighted by molar-refractivity contribution is 0.585. The van der Waals surface area contributed by atoms with Gasteiger partial charge in [-0.15, -0.1) is 10.2 Å². The highest BCUT2D eigenvalue weighted by Gasteiger charge is 2.06. The fourth-order valence-electron chi connectivity index (χ4n) is 1.12. The third-order valence-corrected chi connectivity index (χ3v) is 3.55. The van der Waals surface area contributed by atoms with E-state index in [-0.39, 0.29) is 0 Å². The first-order chi connectivity index (χ1) is 7.25. The van der Waals surface area contributed by atoms with E-state index in [4.69, 9.17) is 0 Å². The van der Waals surface area contributed by atoms with E-state index < -0.39 is 0 Å². The molecule has 0 spiro atoms. The summed E-state index contributed by atoms with van der Waals surface area (Å²) in [5.41, 5.74) is 1.17. The molecule has 2 rings (SSSR count). The van der Waals surface area contributed by atoms with Crippen LogP contribution in [0.15, 0.2) is 16.8 Å². The lowest BCUT2D eigenvalue weighted by Gasteiger charge is -2.03. The molecule has 0 aromatic carbocycles. The molecule has 0 atom stereocenters. The molecule has 0 aliphatic carbocycles. The summed E-state index contributed by atoms with van der Waals surface area (Å²) in [6.07, 6.45) is 0. The van der Waals surface area contributed by atoms with Crippen molar-refractivity contribution in [3.05, 3.63) is 21.8 Å². The van der Waals surface area contributed by atoms with Gasteiger partial charge in [0.25, 0.3) is 0 Å². The third-order valence-electron chi connectivity index (χ3n) is 1.90. The summed E-state index contributed by atoms with van der Waals surface area (Å²) in [7, 11) is 0. The van der Waals surface area contributed by atoms with Crippen LogP contribution in [-0.4, -0.2) is 16.2 Å². The Hall–Kier alpha value is -0.780. The molecule has 0 bridgehead atoms. The molecule has 0 aliphatic heterocycles. The van der Waals surface area contributed by atoms with Gasteiger partial charge in [-0.05, 0) is 11.4 Å². The van der Waals surface area contributed by atoms with Crippen LogP contribution in [0.1, 0.15) is 18.9 Å². The zero-order chi connectivity index (χ0) is 10.7. The van der Waals surface area contributed by atoms with Crippen LogP contribution < -0.4 is 5.32 Å². The first-order valence-corrected chi connectivity index (χ1v) is 6.60. The molecule has 5 heteroatoms. The molecule has 0 saturated carbocycles. The molecule has 15 heavy (non-hydrogen) atoms. The quantitative estimate of drug-likeness (QED) is 0.891. The van der Waals surface area contributed by atoms with Crippen LogP contribution in [0.5, 0.6) is 0 Å². The molecule has 2 aromatic heterocycles. The lowest BCUT2D eigenvalue weighted by atomic mass is 10.4. The van der Waals surface area contributed by atoms with Crippen LogP contribution >= 0.6 is 22.7 Å². The third kappa shape index (κ3) is 2.84. The van der Waals surface area contributed by atoms with Crippen molar-refractivity contribution in [3.63, 3.8) is 0 Å². The summed E-state index contributed by atoms with van der Waals surface area (Å²) < 4.78 is 0. The Labute approximate surface area is 97.2 Å². The Morgan fingerprint density at radius 1 is 1.40 bits per heavy atom. The zero-order valence-corrected chi connectivity index (χ0v) is 10.4. The van der Waals surface area contributed by atoms with Crippen LogP contribution in [0.4, 0.5) is 0 Å². The predicted molar refractivity (Wildman–Crippen MR) is 65.2 cm³/mol. The average molecular weight is 239 g/mol. The van der Waals surface area contributed by atoms with Crippen molar-refractivity contribution < 1.29 is 0 Å². The Morgan fingerprint density at radius 2 is 2.27 bits per heavy atom. The van der Waals surface area contributed by atoms with E-state index in [1.807, 2.05) is 0 Å². The van der Waals surface area contributed by atoms with Crippen LogP contribution in [0.3, 0.4) is 0 Å². The standard InChI is InChI=1S/C10H13N3S2/c1-7(2)11-5-9-12-13-10(15-9)8-3-4-14-6-8/h3-4,6-7,11H,5H2,1-2H3. The highest BCUT2D eigenvalue weighted by Crippen LogP contribution is 2.25. The fourth-order valence-corrected chi connectivity index (χ4v) is 2.62. The van der Waals surface area contributed by atoms with Gasteiger partial charge < -0.3 is 5.32 Å². The number of aromatic nitrogens is 2. The molecule has 1 N–H and O–H groups in total. The van der Waals surface area contributed by atoms with Crippen molar-refractivity contribution in [2.75, 3.05) is 0 Å². The number of hydrogen-bond acceptors (Lipinski definition) is 5. The van der Waals surface area contributed by atoms with Crippen molar-refractivity contribution in [1.82, 2.24) is 15.5 Å². The lowest BCUT2D eigenvalue weighted by Crippen LogP contribution is -2.21.